The van der Waals surface area contributed by atoms with Crippen molar-refractivity contribution in [1.82, 2.24) is 0 Å². The number of hydrogen-bond donors (Lipinski definition) is 1. The van der Waals surface area contributed by atoms with Crippen molar-refractivity contribution in [2.75, 3.05) is 0 Å². The van der Waals surface area contributed by atoms with Crippen molar-refractivity contribution in [2.45, 2.75) is 6.92 Å². The highest BCUT2D eigenvalue weighted by molar-refractivity contribution is 9.10. The number of nitrogens with zero attached hydrogens (tertiary/aromatic N) is 1. The first-order chi connectivity index (χ1) is 9.88. The molecule has 0 unspecified atom stereocenters. The Morgan fingerprint density at radius 2 is 2.14 bits per heavy atom. The normalized spacial score (nSPS) is 11.0. The Morgan fingerprint density at radius 1 is 1.43 bits per heavy atom. The standard InChI is InChI=1S/C14H11BrN2O4/c1-8-2-3-9(17(19)20)6-11(8)14-12(15)7-10(21-14)4-5-13(16)18/h2-7H,1H3,(H2,16,18)/b5-4-. The fourth-order valence-corrected chi connectivity index (χ4v) is 2.30. The van der Waals surface area contributed by atoms with Gasteiger partial charge in [-0.15, -0.1) is 0 Å². The van der Waals surface area contributed by atoms with E-state index >= 15 is 0 Å². The van der Waals surface area contributed by atoms with Gasteiger partial charge in [0.05, 0.1) is 9.40 Å². The number of nitro groups is 1. The number of furan rings is 1. The van der Waals surface area contributed by atoms with E-state index in [1.54, 1.807) is 12.1 Å². The summed E-state index contributed by atoms with van der Waals surface area (Å²) < 4.78 is 6.24. The number of hydrogen-bond acceptors (Lipinski definition) is 4. The van der Waals surface area contributed by atoms with E-state index in [1.807, 2.05) is 6.92 Å². The lowest BCUT2D eigenvalue weighted by molar-refractivity contribution is -0.384. The van der Waals surface area contributed by atoms with Gasteiger partial charge in [-0.05, 0) is 40.6 Å². The third-order valence-corrected chi connectivity index (χ3v) is 3.38. The number of non-ortho nitro benzene ring substituents is 1. The number of aryl methyl sites for hydroxylation is 1. The monoisotopic (exact) mass is 350 g/mol. The smallest absolute Gasteiger partial charge is 0.270 e. The van der Waals surface area contributed by atoms with Crippen LogP contribution >= 0.6 is 15.9 Å². The first kappa shape index (κ1) is 15.0. The number of primary amides is 1. The number of nitro benzene ring substituents is 1. The molecule has 6 nitrogen and oxygen atoms in total. The molecule has 1 heterocycles. The number of rotatable bonds is 4. The van der Waals surface area contributed by atoms with Crippen LogP contribution in [0.15, 0.2) is 39.2 Å². The number of carbonyl (C=O) groups is 1. The van der Waals surface area contributed by atoms with Crippen molar-refractivity contribution in [3.05, 3.63) is 56.3 Å². The summed E-state index contributed by atoms with van der Waals surface area (Å²) in [5.74, 6) is 0.289. The molecule has 0 spiro atoms. The highest BCUT2D eigenvalue weighted by Gasteiger charge is 2.16. The first-order valence-electron chi connectivity index (χ1n) is 5.90. The average molecular weight is 351 g/mol. The predicted molar refractivity (Wildman–Crippen MR) is 81.5 cm³/mol. The van der Waals surface area contributed by atoms with Gasteiger partial charge in [0, 0.05) is 23.8 Å². The molecule has 0 atom stereocenters. The van der Waals surface area contributed by atoms with Crippen LogP contribution in [0.3, 0.4) is 0 Å². The molecule has 2 N–H and O–H groups in total. The van der Waals surface area contributed by atoms with E-state index in [-0.39, 0.29) is 5.69 Å². The van der Waals surface area contributed by atoms with Crippen molar-refractivity contribution < 1.29 is 14.1 Å². The lowest BCUT2D eigenvalue weighted by Crippen LogP contribution is -2.04. The lowest BCUT2D eigenvalue weighted by Gasteiger charge is -2.03. The van der Waals surface area contributed by atoms with Crippen LogP contribution in [0.4, 0.5) is 5.69 Å². The van der Waals surface area contributed by atoms with E-state index in [4.69, 9.17) is 10.2 Å². The summed E-state index contributed by atoms with van der Waals surface area (Å²) in [5.41, 5.74) is 6.44. The molecule has 0 saturated heterocycles. The van der Waals surface area contributed by atoms with Crippen molar-refractivity contribution in [1.29, 1.82) is 0 Å². The third kappa shape index (κ3) is 3.38. The highest BCUT2D eigenvalue weighted by Crippen LogP contribution is 2.35. The van der Waals surface area contributed by atoms with Gasteiger partial charge in [0.1, 0.15) is 11.5 Å². The highest BCUT2D eigenvalue weighted by atomic mass is 79.9. The second kappa shape index (κ2) is 5.92. The van der Waals surface area contributed by atoms with Gasteiger partial charge in [-0.1, -0.05) is 6.07 Å². The Kier molecular flexibility index (Phi) is 4.23. The molecule has 0 fully saturated rings. The molecule has 0 aliphatic rings. The Bertz CT molecular complexity index is 749. The third-order valence-electron chi connectivity index (χ3n) is 2.79. The van der Waals surface area contributed by atoms with E-state index in [2.05, 4.69) is 15.9 Å². The summed E-state index contributed by atoms with van der Waals surface area (Å²) in [6, 6.07) is 6.19. The van der Waals surface area contributed by atoms with Crippen LogP contribution in [0.1, 0.15) is 11.3 Å². The molecule has 0 aliphatic carbocycles. The maximum Gasteiger partial charge on any atom is 0.270 e. The summed E-state index contributed by atoms with van der Waals surface area (Å²) in [6.07, 6.45) is 2.61. The zero-order chi connectivity index (χ0) is 15.6. The molecule has 1 aromatic heterocycles. The molecule has 0 saturated carbocycles. The molecule has 0 aliphatic heterocycles. The predicted octanol–water partition coefficient (Wildman–Crippen LogP) is 3.42. The van der Waals surface area contributed by atoms with Gasteiger partial charge < -0.3 is 10.2 Å². The minimum Gasteiger partial charge on any atom is -0.455 e. The van der Waals surface area contributed by atoms with Crippen LogP contribution < -0.4 is 5.73 Å². The van der Waals surface area contributed by atoms with Crippen LogP contribution in [0.25, 0.3) is 17.4 Å². The molecule has 108 valence electrons. The van der Waals surface area contributed by atoms with Gasteiger partial charge >= 0.3 is 0 Å². The fraction of sp³-hybridized carbons (Fsp3) is 0.0714. The number of nitrogens with two attached hydrogens (primary N) is 1. The second-order valence-electron chi connectivity index (χ2n) is 4.32. The van der Waals surface area contributed by atoms with Gasteiger partial charge in [0.15, 0.2) is 0 Å². The molecular formula is C14H11BrN2O4. The van der Waals surface area contributed by atoms with Crippen molar-refractivity contribution in [3.8, 4) is 11.3 Å². The summed E-state index contributed by atoms with van der Waals surface area (Å²) in [6.45, 7) is 1.83. The number of benzene rings is 1. The van der Waals surface area contributed by atoms with Gasteiger partial charge in [0.2, 0.25) is 5.91 Å². The Morgan fingerprint density at radius 3 is 2.76 bits per heavy atom. The minimum atomic E-state index is -0.587. The van der Waals surface area contributed by atoms with Gasteiger partial charge in [0.25, 0.3) is 5.69 Å². The Labute approximate surface area is 128 Å². The van der Waals surface area contributed by atoms with E-state index in [0.717, 1.165) is 5.56 Å². The maximum absolute atomic E-state index is 10.9. The molecule has 1 amide bonds. The van der Waals surface area contributed by atoms with Crippen molar-refractivity contribution >= 4 is 33.6 Å². The number of halogens is 1. The van der Waals surface area contributed by atoms with Crippen LogP contribution in [-0.2, 0) is 4.79 Å². The van der Waals surface area contributed by atoms with Gasteiger partial charge in [-0.25, -0.2) is 0 Å². The van der Waals surface area contributed by atoms with E-state index in [0.29, 0.717) is 21.6 Å². The topological polar surface area (TPSA) is 99.4 Å². The summed E-state index contributed by atoms with van der Waals surface area (Å²) in [5, 5.41) is 10.9. The summed E-state index contributed by atoms with van der Waals surface area (Å²) >= 11 is 3.34. The van der Waals surface area contributed by atoms with Crippen LogP contribution in [0.2, 0.25) is 0 Å². The molecular weight excluding hydrogens is 340 g/mol. The molecule has 21 heavy (non-hydrogen) atoms. The van der Waals surface area contributed by atoms with E-state index in [1.165, 1.54) is 24.3 Å². The Hall–Kier alpha value is -2.41. The molecule has 7 heteroatoms. The zero-order valence-electron chi connectivity index (χ0n) is 11.0. The van der Waals surface area contributed by atoms with Crippen LogP contribution in [-0.4, -0.2) is 10.8 Å². The van der Waals surface area contributed by atoms with Crippen molar-refractivity contribution in [2.24, 2.45) is 5.73 Å². The van der Waals surface area contributed by atoms with Crippen LogP contribution in [0, 0.1) is 17.0 Å². The quantitative estimate of drug-likeness (QED) is 0.518. The van der Waals surface area contributed by atoms with Gasteiger partial charge in [-0.3, -0.25) is 14.9 Å². The van der Waals surface area contributed by atoms with Crippen molar-refractivity contribution in [3.63, 3.8) is 0 Å². The maximum atomic E-state index is 10.9. The minimum absolute atomic E-state index is 0.0203. The average Bonchev–Trinajstić information content (AvgIpc) is 2.78. The largest absolute Gasteiger partial charge is 0.455 e. The molecule has 2 rings (SSSR count). The molecule has 2 aromatic rings. The summed E-state index contributed by atoms with van der Waals surface area (Å²) in [7, 11) is 0. The molecule has 0 bridgehead atoms. The van der Waals surface area contributed by atoms with Gasteiger partial charge in [-0.2, -0.15) is 0 Å². The lowest BCUT2D eigenvalue weighted by atomic mass is 10.1. The fourth-order valence-electron chi connectivity index (χ4n) is 1.78. The molecule has 0 radical (unpaired) electrons. The van der Waals surface area contributed by atoms with E-state index < -0.39 is 10.8 Å². The molecule has 1 aromatic carbocycles. The Balaban J connectivity index is 2.49. The van der Waals surface area contributed by atoms with Crippen LogP contribution in [0.5, 0.6) is 0 Å². The van der Waals surface area contributed by atoms with E-state index in [9.17, 15) is 14.9 Å². The summed E-state index contributed by atoms with van der Waals surface area (Å²) in [4.78, 5) is 21.1. The SMILES string of the molecule is Cc1ccc([N+](=O)[O-])cc1-c1oc(/C=C\C(N)=O)cc1Br. The second-order valence-corrected chi connectivity index (χ2v) is 5.17. The first-order valence-corrected chi connectivity index (χ1v) is 6.70. The number of amides is 1. The number of carbonyl (C=O) groups excluding carboxylic acids is 1. The zero-order valence-corrected chi connectivity index (χ0v) is 12.6.